The molecule has 78 valence electrons. The summed E-state index contributed by atoms with van der Waals surface area (Å²) in [6, 6.07) is 0. The van der Waals surface area contributed by atoms with Gasteiger partial charge in [-0.25, -0.2) is 9.97 Å². The summed E-state index contributed by atoms with van der Waals surface area (Å²) in [5.41, 5.74) is 8.09. The predicted octanol–water partition coefficient (Wildman–Crippen LogP) is 2.52. The van der Waals surface area contributed by atoms with Crippen LogP contribution in [-0.4, -0.2) is 9.97 Å². The van der Waals surface area contributed by atoms with Crippen LogP contribution in [-0.2, 0) is 6.42 Å². The van der Waals surface area contributed by atoms with Crippen molar-refractivity contribution in [3.05, 3.63) is 17.6 Å². The third-order valence-corrected chi connectivity index (χ3v) is 2.34. The molecule has 0 amide bonds. The molecular weight excluding hydrogens is 174 g/mol. The lowest BCUT2D eigenvalue weighted by molar-refractivity contribution is 0.740. The molecule has 3 heteroatoms. The molecule has 0 aliphatic heterocycles. The molecule has 0 aliphatic carbocycles. The number of nitrogens with zero attached hydrogens (tertiary/aromatic N) is 2. The van der Waals surface area contributed by atoms with E-state index in [1.807, 2.05) is 0 Å². The summed E-state index contributed by atoms with van der Waals surface area (Å²) in [5.74, 6) is 1.05. The first-order valence-electron chi connectivity index (χ1n) is 5.26. The number of aromatic nitrogens is 2. The minimum atomic E-state index is 0.406. The Kier molecular flexibility index (Phi) is 3.86. The highest BCUT2D eigenvalue weighted by atomic mass is 14.9. The highest BCUT2D eigenvalue weighted by Gasteiger charge is 2.11. The first-order valence-corrected chi connectivity index (χ1v) is 5.26. The zero-order valence-electron chi connectivity index (χ0n) is 9.25. The zero-order chi connectivity index (χ0) is 10.6. The molecule has 0 spiro atoms. The lowest BCUT2D eigenvalue weighted by atomic mass is 9.99. The van der Waals surface area contributed by atoms with Crippen LogP contribution < -0.4 is 5.73 Å². The van der Waals surface area contributed by atoms with Crippen LogP contribution in [0.1, 0.15) is 50.8 Å². The van der Waals surface area contributed by atoms with Crippen molar-refractivity contribution in [2.24, 2.45) is 0 Å². The summed E-state index contributed by atoms with van der Waals surface area (Å²) in [7, 11) is 0. The van der Waals surface area contributed by atoms with Crippen molar-refractivity contribution < 1.29 is 0 Å². The van der Waals surface area contributed by atoms with Gasteiger partial charge in [0.05, 0.1) is 0 Å². The Labute approximate surface area is 85.8 Å². The van der Waals surface area contributed by atoms with Gasteiger partial charge >= 0.3 is 0 Å². The molecule has 1 aromatic rings. The summed E-state index contributed by atoms with van der Waals surface area (Å²) < 4.78 is 0. The van der Waals surface area contributed by atoms with E-state index in [2.05, 4.69) is 30.7 Å². The van der Waals surface area contributed by atoms with Gasteiger partial charge in [-0.05, 0) is 18.8 Å². The van der Waals surface area contributed by atoms with Gasteiger partial charge in [-0.2, -0.15) is 0 Å². The van der Waals surface area contributed by atoms with Crippen LogP contribution in [0, 0.1) is 0 Å². The molecule has 2 N–H and O–H groups in total. The maximum atomic E-state index is 5.84. The number of rotatable bonds is 4. The Morgan fingerprint density at radius 1 is 1.36 bits per heavy atom. The summed E-state index contributed by atoms with van der Waals surface area (Å²) in [6.07, 6.45) is 4.92. The van der Waals surface area contributed by atoms with E-state index in [0.29, 0.717) is 11.7 Å². The van der Waals surface area contributed by atoms with Crippen LogP contribution in [0.5, 0.6) is 0 Å². The standard InChI is InChI=1S/C11H19N3/c1-4-5-6-9-10(8(2)3)11(12)14-7-13-9/h7-8H,4-6H2,1-3H3,(H2,12,13,14). The Bertz CT molecular complexity index is 295. The normalized spacial score (nSPS) is 10.9. The van der Waals surface area contributed by atoms with Gasteiger partial charge in [0.25, 0.3) is 0 Å². The van der Waals surface area contributed by atoms with Gasteiger partial charge in [-0.1, -0.05) is 27.2 Å². The number of aryl methyl sites for hydroxylation is 1. The fraction of sp³-hybridized carbons (Fsp3) is 0.636. The largest absolute Gasteiger partial charge is 0.383 e. The monoisotopic (exact) mass is 193 g/mol. The van der Waals surface area contributed by atoms with E-state index in [0.717, 1.165) is 24.1 Å². The molecule has 1 rings (SSSR count). The molecule has 14 heavy (non-hydrogen) atoms. The van der Waals surface area contributed by atoms with Gasteiger partial charge in [0, 0.05) is 11.3 Å². The first kappa shape index (κ1) is 11.0. The molecular formula is C11H19N3. The van der Waals surface area contributed by atoms with E-state index in [9.17, 15) is 0 Å². The van der Waals surface area contributed by atoms with Crippen LogP contribution in [0.3, 0.4) is 0 Å². The molecule has 0 saturated heterocycles. The van der Waals surface area contributed by atoms with Crippen molar-refractivity contribution in [1.29, 1.82) is 0 Å². The minimum Gasteiger partial charge on any atom is -0.383 e. The molecule has 1 aromatic heterocycles. The first-order chi connectivity index (χ1) is 6.66. The smallest absolute Gasteiger partial charge is 0.130 e. The summed E-state index contributed by atoms with van der Waals surface area (Å²) >= 11 is 0. The van der Waals surface area contributed by atoms with E-state index in [1.165, 1.54) is 6.42 Å². The highest BCUT2D eigenvalue weighted by Crippen LogP contribution is 2.23. The molecule has 0 fully saturated rings. The van der Waals surface area contributed by atoms with Crippen molar-refractivity contribution in [3.8, 4) is 0 Å². The third kappa shape index (κ3) is 2.44. The second-order valence-electron chi connectivity index (χ2n) is 3.88. The molecule has 0 unspecified atom stereocenters. The van der Waals surface area contributed by atoms with E-state index in [1.54, 1.807) is 6.33 Å². The van der Waals surface area contributed by atoms with Gasteiger partial charge in [0.1, 0.15) is 12.1 Å². The number of hydrogen-bond donors (Lipinski definition) is 1. The lowest BCUT2D eigenvalue weighted by Gasteiger charge is -2.12. The van der Waals surface area contributed by atoms with Crippen LogP contribution in [0.25, 0.3) is 0 Å². The van der Waals surface area contributed by atoms with Crippen molar-refractivity contribution >= 4 is 5.82 Å². The average molecular weight is 193 g/mol. The van der Waals surface area contributed by atoms with Gasteiger partial charge < -0.3 is 5.73 Å². The summed E-state index contributed by atoms with van der Waals surface area (Å²) in [4.78, 5) is 8.34. The van der Waals surface area contributed by atoms with Crippen molar-refractivity contribution in [3.63, 3.8) is 0 Å². The zero-order valence-corrected chi connectivity index (χ0v) is 9.25. The van der Waals surface area contributed by atoms with Crippen LogP contribution in [0.2, 0.25) is 0 Å². The summed E-state index contributed by atoms with van der Waals surface area (Å²) in [5, 5.41) is 0. The Hall–Kier alpha value is -1.12. The molecule has 0 radical (unpaired) electrons. The van der Waals surface area contributed by atoms with Crippen molar-refractivity contribution in [2.75, 3.05) is 5.73 Å². The number of nitrogen functional groups attached to an aromatic ring is 1. The Morgan fingerprint density at radius 3 is 2.64 bits per heavy atom. The Balaban J connectivity index is 2.96. The van der Waals surface area contributed by atoms with Gasteiger partial charge in [-0.15, -0.1) is 0 Å². The van der Waals surface area contributed by atoms with Crippen molar-refractivity contribution in [1.82, 2.24) is 9.97 Å². The maximum absolute atomic E-state index is 5.84. The minimum absolute atomic E-state index is 0.406. The van der Waals surface area contributed by atoms with Gasteiger partial charge in [0.2, 0.25) is 0 Å². The summed E-state index contributed by atoms with van der Waals surface area (Å²) in [6.45, 7) is 6.44. The Morgan fingerprint density at radius 2 is 2.07 bits per heavy atom. The van der Waals surface area contributed by atoms with E-state index in [-0.39, 0.29) is 0 Å². The van der Waals surface area contributed by atoms with Crippen LogP contribution in [0.4, 0.5) is 5.82 Å². The van der Waals surface area contributed by atoms with Crippen LogP contribution >= 0.6 is 0 Å². The van der Waals surface area contributed by atoms with E-state index in [4.69, 9.17) is 5.73 Å². The lowest BCUT2D eigenvalue weighted by Crippen LogP contribution is -2.06. The van der Waals surface area contributed by atoms with E-state index >= 15 is 0 Å². The maximum Gasteiger partial charge on any atom is 0.130 e. The second kappa shape index (κ2) is 4.94. The third-order valence-electron chi connectivity index (χ3n) is 2.34. The number of anilines is 1. The molecule has 1 heterocycles. The van der Waals surface area contributed by atoms with Gasteiger partial charge in [0.15, 0.2) is 0 Å². The molecule has 0 aromatic carbocycles. The molecule has 3 nitrogen and oxygen atoms in total. The molecule has 0 aliphatic rings. The quantitative estimate of drug-likeness (QED) is 0.799. The molecule has 0 atom stereocenters. The highest BCUT2D eigenvalue weighted by molar-refractivity contribution is 5.43. The average Bonchev–Trinajstić information content (AvgIpc) is 2.14. The number of unbranched alkanes of at least 4 members (excludes halogenated alkanes) is 1. The van der Waals surface area contributed by atoms with E-state index < -0.39 is 0 Å². The predicted molar refractivity (Wildman–Crippen MR) is 59.1 cm³/mol. The topological polar surface area (TPSA) is 51.8 Å². The van der Waals surface area contributed by atoms with Gasteiger partial charge in [-0.3, -0.25) is 0 Å². The van der Waals surface area contributed by atoms with Crippen LogP contribution in [0.15, 0.2) is 6.33 Å². The number of nitrogens with two attached hydrogens (primary N) is 1. The fourth-order valence-electron chi connectivity index (χ4n) is 1.62. The fourth-order valence-corrected chi connectivity index (χ4v) is 1.62. The SMILES string of the molecule is CCCCc1ncnc(N)c1C(C)C. The van der Waals surface area contributed by atoms with Crippen molar-refractivity contribution in [2.45, 2.75) is 46.0 Å². The number of hydrogen-bond acceptors (Lipinski definition) is 3. The second-order valence-corrected chi connectivity index (χ2v) is 3.88. The molecule has 0 bridgehead atoms. The molecule has 0 saturated carbocycles.